The standard InChI is InChI=1S/C16H22O4/c1-15(2,3)11-7-10(20-13(18)9-17)8-12(14(11)19)16(4,5)6/h7-9,19H,1-6H3. The summed E-state index contributed by atoms with van der Waals surface area (Å²) in [6, 6.07) is 3.21. The van der Waals surface area contributed by atoms with Crippen molar-refractivity contribution in [2.45, 2.75) is 52.4 Å². The smallest absolute Gasteiger partial charge is 0.376 e. The molecule has 4 nitrogen and oxygen atoms in total. The molecule has 0 bridgehead atoms. The third kappa shape index (κ3) is 3.59. The van der Waals surface area contributed by atoms with Crippen molar-refractivity contribution in [3.8, 4) is 11.5 Å². The first-order valence-corrected chi connectivity index (χ1v) is 6.52. The number of phenols is 1. The third-order valence-electron chi connectivity index (χ3n) is 3.01. The Bertz CT molecular complexity index is 495. The molecule has 0 saturated carbocycles. The zero-order valence-electron chi connectivity index (χ0n) is 12.9. The molecule has 0 spiro atoms. The van der Waals surface area contributed by atoms with Crippen molar-refractivity contribution in [1.82, 2.24) is 0 Å². The summed E-state index contributed by atoms with van der Waals surface area (Å²) >= 11 is 0. The Kier molecular flexibility index (Phi) is 4.27. The first-order valence-electron chi connectivity index (χ1n) is 6.52. The van der Waals surface area contributed by atoms with Crippen molar-refractivity contribution in [2.75, 3.05) is 0 Å². The highest BCUT2D eigenvalue weighted by atomic mass is 16.5. The van der Waals surface area contributed by atoms with Crippen molar-refractivity contribution in [1.29, 1.82) is 0 Å². The summed E-state index contributed by atoms with van der Waals surface area (Å²) in [5, 5.41) is 10.5. The summed E-state index contributed by atoms with van der Waals surface area (Å²) in [6.07, 6.45) is 0.125. The molecule has 110 valence electrons. The number of hydrogen-bond donors (Lipinski definition) is 1. The summed E-state index contributed by atoms with van der Waals surface area (Å²) in [6.45, 7) is 11.7. The van der Waals surface area contributed by atoms with Gasteiger partial charge < -0.3 is 9.84 Å². The van der Waals surface area contributed by atoms with E-state index in [0.717, 1.165) is 0 Å². The average Bonchev–Trinajstić information content (AvgIpc) is 2.28. The van der Waals surface area contributed by atoms with Gasteiger partial charge in [-0.2, -0.15) is 0 Å². The molecule has 0 aromatic heterocycles. The summed E-state index contributed by atoms with van der Waals surface area (Å²) in [5.41, 5.74) is 0.735. The Morgan fingerprint density at radius 2 is 1.45 bits per heavy atom. The lowest BCUT2D eigenvalue weighted by molar-refractivity contribution is -0.141. The lowest BCUT2D eigenvalue weighted by atomic mass is 9.79. The second kappa shape index (κ2) is 5.27. The van der Waals surface area contributed by atoms with Crippen LogP contribution in [0.5, 0.6) is 11.5 Å². The number of aldehydes is 1. The Morgan fingerprint density at radius 1 is 1.05 bits per heavy atom. The van der Waals surface area contributed by atoms with E-state index in [1.54, 1.807) is 12.1 Å². The normalized spacial score (nSPS) is 12.1. The van der Waals surface area contributed by atoms with E-state index in [1.165, 1.54) is 0 Å². The number of carbonyl (C=O) groups excluding carboxylic acids is 2. The van der Waals surface area contributed by atoms with Crippen LogP contribution in [0, 0.1) is 0 Å². The van der Waals surface area contributed by atoms with Crippen LogP contribution in [-0.4, -0.2) is 17.4 Å². The Labute approximate surface area is 119 Å². The SMILES string of the molecule is CC(C)(C)c1cc(OC(=O)C=O)cc(C(C)(C)C)c1O. The predicted octanol–water partition coefficient (Wildman–Crippen LogP) is 3.09. The second-order valence-electron chi connectivity index (χ2n) is 6.91. The van der Waals surface area contributed by atoms with Gasteiger partial charge in [-0.05, 0) is 23.0 Å². The van der Waals surface area contributed by atoms with Crippen molar-refractivity contribution in [3.63, 3.8) is 0 Å². The van der Waals surface area contributed by atoms with E-state index < -0.39 is 5.97 Å². The van der Waals surface area contributed by atoms with E-state index in [-0.39, 0.29) is 28.6 Å². The summed E-state index contributed by atoms with van der Waals surface area (Å²) in [7, 11) is 0. The number of benzene rings is 1. The summed E-state index contributed by atoms with van der Waals surface area (Å²) in [5.74, 6) is -0.471. The topological polar surface area (TPSA) is 63.6 Å². The van der Waals surface area contributed by atoms with E-state index >= 15 is 0 Å². The first-order chi connectivity index (χ1) is 8.96. The number of rotatable bonds is 2. The third-order valence-corrected chi connectivity index (χ3v) is 3.01. The van der Waals surface area contributed by atoms with E-state index in [0.29, 0.717) is 11.1 Å². The number of carbonyl (C=O) groups is 2. The maximum absolute atomic E-state index is 11.1. The van der Waals surface area contributed by atoms with Gasteiger partial charge in [0.1, 0.15) is 11.5 Å². The van der Waals surface area contributed by atoms with Crippen molar-refractivity contribution < 1.29 is 19.4 Å². The molecular formula is C16H22O4. The van der Waals surface area contributed by atoms with Gasteiger partial charge in [0, 0.05) is 11.1 Å². The van der Waals surface area contributed by atoms with E-state index in [1.807, 2.05) is 41.5 Å². The van der Waals surface area contributed by atoms with E-state index in [2.05, 4.69) is 0 Å². The highest BCUT2D eigenvalue weighted by molar-refractivity contribution is 6.21. The van der Waals surface area contributed by atoms with Gasteiger partial charge in [-0.25, -0.2) is 4.79 Å². The van der Waals surface area contributed by atoms with Crippen LogP contribution in [0.4, 0.5) is 0 Å². The molecule has 0 fully saturated rings. The molecule has 1 aromatic rings. The fourth-order valence-corrected chi connectivity index (χ4v) is 1.95. The molecular weight excluding hydrogens is 256 g/mol. The van der Waals surface area contributed by atoms with Crippen LogP contribution in [0.1, 0.15) is 52.7 Å². The van der Waals surface area contributed by atoms with Crippen molar-refractivity contribution in [2.24, 2.45) is 0 Å². The quantitative estimate of drug-likeness (QED) is 0.391. The average molecular weight is 278 g/mol. The van der Waals surface area contributed by atoms with Gasteiger partial charge in [0.2, 0.25) is 6.29 Å². The number of hydrogen-bond acceptors (Lipinski definition) is 4. The van der Waals surface area contributed by atoms with Gasteiger partial charge in [-0.3, -0.25) is 4.79 Å². The Hall–Kier alpha value is -1.84. The molecule has 4 heteroatoms. The van der Waals surface area contributed by atoms with Crippen LogP contribution in [0.3, 0.4) is 0 Å². The molecule has 0 atom stereocenters. The summed E-state index contributed by atoms with van der Waals surface area (Å²) in [4.78, 5) is 21.6. The number of phenolic OH excluding ortho intramolecular Hbond substituents is 1. The Morgan fingerprint density at radius 3 is 1.75 bits per heavy atom. The van der Waals surface area contributed by atoms with Crippen LogP contribution in [0.25, 0.3) is 0 Å². The molecule has 1 rings (SSSR count). The number of esters is 1. The molecule has 0 saturated heterocycles. The van der Waals surface area contributed by atoms with Gasteiger partial charge >= 0.3 is 5.97 Å². The monoisotopic (exact) mass is 278 g/mol. The van der Waals surface area contributed by atoms with Crippen LogP contribution >= 0.6 is 0 Å². The number of aromatic hydroxyl groups is 1. The molecule has 0 heterocycles. The second-order valence-corrected chi connectivity index (χ2v) is 6.91. The highest BCUT2D eigenvalue weighted by Gasteiger charge is 2.27. The van der Waals surface area contributed by atoms with E-state index in [9.17, 15) is 14.7 Å². The fraction of sp³-hybridized carbons (Fsp3) is 0.500. The molecule has 1 N–H and O–H groups in total. The molecule has 0 unspecified atom stereocenters. The lowest BCUT2D eigenvalue weighted by Crippen LogP contribution is -2.18. The molecule has 0 radical (unpaired) electrons. The maximum atomic E-state index is 11.1. The van der Waals surface area contributed by atoms with Crippen LogP contribution in [0.15, 0.2) is 12.1 Å². The maximum Gasteiger partial charge on any atom is 0.376 e. The highest BCUT2D eigenvalue weighted by Crippen LogP contribution is 2.41. The van der Waals surface area contributed by atoms with Gasteiger partial charge in [-0.15, -0.1) is 0 Å². The molecule has 0 aliphatic rings. The molecule has 20 heavy (non-hydrogen) atoms. The molecule has 1 aromatic carbocycles. The van der Waals surface area contributed by atoms with Crippen LogP contribution < -0.4 is 4.74 Å². The largest absolute Gasteiger partial charge is 0.507 e. The summed E-state index contributed by atoms with van der Waals surface area (Å²) < 4.78 is 4.97. The zero-order valence-corrected chi connectivity index (χ0v) is 12.9. The minimum absolute atomic E-state index is 0.125. The fourth-order valence-electron chi connectivity index (χ4n) is 1.95. The zero-order chi connectivity index (χ0) is 15.7. The molecule has 0 aliphatic carbocycles. The van der Waals surface area contributed by atoms with Gasteiger partial charge in [0.25, 0.3) is 0 Å². The minimum Gasteiger partial charge on any atom is -0.507 e. The molecule has 0 aliphatic heterocycles. The first kappa shape index (κ1) is 16.2. The van der Waals surface area contributed by atoms with Crippen molar-refractivity contribution >= 4 is 12.3 Å². The van der Waals surface area contributed by atoms with Gasteiger partial charge in [0.05, 0.1) is 0 Å². The molecule has 0 amide bonds. The van der Waals surface area contributed by atoms with Gasteiger partial charge in [0.15, 0.2) is 0 Å². The van der Waals surface area contributed by atoms with E-state index in [4.69, 9.17) is 4.74 Å². The van der Waals surface area contributed by atoms with Crippen LogP contribution in [-0.2, 0) is 20.4 Å². The van der Waals surface area contributed by atoms with Crippen molar-refractivity contribution in [3.05, 3.63) is 23.3 Å². The van der Waals surface area contributed by atoms with Crippen LogP contribution in [0.2, 0.25) is 0 Å². The number of ether oxygens (including phenoxy) is 1. The lowest BCUT2D eigenvalue weighted by Gasteiger charge is -2.27. The van der Waals surface area contributed by atoms with Gasteiger partial charge in [-0.1, -0.05) is 41.5 Å². The predicted molar refractivity (Wildman–Crippen MR) is 77.2 cm³/mol. The Balaban J connectivity index is 3.50. The minimum atomic E-state index is -0.949.